The van der Waals surface area contributed by atoms with E-state index < -0.39 is 0 Å². The molecule has 0 spiro atoms. The number of ketones is 1. The Labute approximate surface area is 106 Å². The lowest BCUT2D eigenvalue weighted by molar-refractivity contribution is -0.119. The first-order valence-corrected chi connectivity index (χ1v) is 6.43. The van der Waals surface area contributed by atoms with Crippen LogP contribution in [0.15, 0.2) is 24.3 Å². The number of rotatable bonds is 5. The Morgan fingerprint density at radius 1 is 1.17 bits per heavy atom. The molecule has 0 amide bonds. The van der Waals surface area contributed by atoms with Crippen LogP contribution in [0.2, 0.25) is 0 Å². The molecule has 0 aliphatic carbocycles. The molecular weight excluding hydrogens is 226 g/mol. The second-order valence-corrected chi connectivity index (χ2v) is 4.44. The average Bonchev–Trinajstić information content (AvgIpc) is 2.65. The van der Waals surface area contributed by atoms with Gasteiger partial charge in [-0.15, -0.1) is 0 Å². The lowest BCUT2D eigenvalue weighted by Gasteiger charge is -2.02. The number of carbonyl (C=O) groups excluding carboxylic acids is 1. The van der Waals surface area contributed by atoms with E-state index in [2.05, 4.69) is 6.92 Å². The molecule has 0 atom stereocenters. The van der Waals surface area contributed by atoms with Crippen molar-refractivity contribution in [2.24, 2.45) is 0 Å². The van der Waals surface area contributed by atoms with Crippen molar-refractivity contribution in [2.45, 2.75) is 39.8 Å². The van der Waals surface area contributed by atoms with Crippen molar-refractivity contribution in [2.75, 3.05) is 0 Å². The number of hydrogen-bond donors (Lipinski definition) is 1. The summed E-state index contributed by atoms with van der Waals surface area (Å²) in [5.41, 5.74) is 2.42. The lowest BCUT2D eigenvalue weighted by Crippen LogP contribution is -2.27. The number of benzene rings is 1. The van der Waals surface area contributed by atoms with Gasteiger partial charge < -0.3 is 9.13 Å². The molecule has 4 heteroatoms. The first kappa shape index (κ1) is 12.6. The fraction of sp³-hybridized carbons (Fsp3) is 0.429. The largest absolute Gasteiger partial charge is 0.310 e. The van der Waals surface area contributed by atoms with Crippen LogP contribution >= 0.6 is 0 Å². The van der Waals surface area contributed by atoms with Gasteiger partial charge in [-0.2, -0.15) is 0 Å². The third kappa shape index (κ3) is 2.10. The molecule has 2 aromatic rings. The maximum atomic E-state index is 11.6. The van der Waals surface area contributed by atoms with Gasteiger partial charge in [-0.05, 0) is 18.6 Å². The van der Waals surface area contributed by atoms with Crippen LogP contribution < -0.4 is 5.62 Å². The Bertz CT molecular complexity index is 621. The number of fused-ring (bicyclic) bond motifs is 1. The minimum Gasteiger partial charge on any atom is -0.310 e. The zero-order valence-electron chi connectivity index (χ0n) is 10.9. The van der Waals surface area contributed by atoms with Crippen molar-refractivity contribution in [3.63, 3.8) is 0 Å². The molecule has 1 heterocycles. The summed E-state index contributed by atoms with van der Waals surface area (Å²) < 4.78 is 3.77. The van der Waals surface area contributed by atoms with Crippen molar-refractivity contribution in [3.05, 3.63) is 29.9 Å². The molecule has 0 saturated carbocycles. The molecule has 2 rings (SSSR count). The molecule has 0 aliphatic heterocycles. The quantitative estimate of drug-likeness (QED) is 0.863. The highest BCUT2D eigenvalue weighted by molar-refractivity contribution is 5.81. The molecule has 1 N–H and O–H groups in total. The molecular formula is C14H19N3O. The van der Waals surface area contributed by atoms with Crippen molar-refractivity contribution in [1.82, 2.24) is 9.13 Å². The van der Waals surface area contributed by atoms with Crippen LogP contribution in [0.4, 0.5) is 0 Å². The highest BCUT2D eigenvalue weighted by atomic mass is 16.1. The summed E-state index contributed by atoms with van der Waals surface area (Å²) in [4.78, 5) is 11.6. The van der Waals surface area contributed by atoms with E-state index in [1.54, 1.807) is 4.57 Å². The Morgan fingerprint density at radius 3 is 2.33 bits per heavy atom. The maximum Gasteiger partial charge on any atom is 0.203 e. The normalized spacial score (nSPS) is 11.0. The summed E-state index contributed by atoms with van der Waals surface area (Å²) in [5.74, 6) is 0.160. The number of imidazole rings is 1. The van der Waals surface area contributed by atoms with E-state index in [4.69, 9.17) is 5.41 Å². The number of hydrogen-bond acceptors (Lipinski definition) is 2. The summed E-state index contributed by atoms with van der Waals surface area (Å²) in [6.45, 7) is 5.06. The molecule has 0 bridgehead atoms. The van der Waals surface area contributed by atoms with E-state index in [9.17, 15) is 4.79 Å². The van der Waals surface area contributed by atoms with E-state index >= 15 is 0 Å². The first-order chi connectivity index (χ1) is 8.69. The van der Waals surface area contributed by atoms with Gasteiger partial charge in [-0.3, -0.25) is 10.2 Å². The van der Waals surface area contributed by atoms with Gasteiger partial charge in [0.15, 0.2) is 5.78 Å². The minimum atomic E-state index is 0.160. The zero-order valence-corrected chi connectivity index (χ0v) is 10.9. The van der Waals surface area contributed by atoms with E-state index in [1.165, 1.54) is 0 Å². The Hall–Kier alpha value is -1.84. The predicted molar refractivity (Wildman–Crippen MR) is 71.4 cm³/mol. The molecule has 0 fully saturated rings. The van der Waals surface area contributed by atoms with Gasteiger partial charge in [-0.1, -0.05) is 26.0 Å². The van der Waals surface area contributed by atoms with Gasteiger partial charge in [0.25, 0.3) is 0 Å². The van der Waals surface area contributed by atoms with Gasteiger partial charge in [0.1, 0.15) is 0 Å². The van der Waals surface area contributed by atoms with E-state index in [0.29, 0.717) is 18.6 Å². The Balaban J connectivity index is 2.61. The van der Waals surface area contributed by atoms with Gasteiger partial charge >= 0.3 is 0 Å². The van der Waals surface area contributed by atoms with E-state index in [1.807, 2.05) is 35.8 Å². The van der Waals surface area contributed by atoms with Crippen LogP contribution in [0.5, 0.6) is 0 Å². The summed E-state index contributed by atoms with van der Waals surface area (Å²) in [7, 11) is 0. The first-order valence-electron chi connectivity index (χ1n) is 6.43. The summed E-state index contributed by atoms with van der Waals surface area (Å²) in [6, 6.07) is 7.91. The molecule has 18 heavy (non-hydrogen) atoms. The highest BCUT2D eigenvalue weighted by Crippen LogP contribution is 2.13. The Morgan fingerprint density at radius 2 is 1.78 bits per heavy atom. The maximum absolute atomic E-state index is 11.6. The molecule has 1 aromatic heterocycles. The average molecular weight is 245 g/mol. The van der Waals surface area contributed by atoms with Crippen molar-refractivity contribution >= 4 is 16.8 Å². The lowest BCUT2D eigenvalue weighted by atomic mass is 10.3. The number of para-hydroxylation sites is 2. The van der Waals surface area contributed by atoms with Gasteiger partial charge in [0.05, 0.1) is 17.6 Å². The molecule has 1 aromatic carbocycles. The fourth-order valence-corrected chi connectivity index (χ4v) is 2.19. The standard InChI is InChI=1S/C14H19N3O/c1-3-9-16-12-7-5-6-8-13(12)17(14(16)15)10-11(18)4-2/h5-8,15H,3-4,9-10H2,1-2H3. The third-order valence-electron chi connectivity index (χ3n) is 3.15. The fourth-order valence-electron chi connectivity index (χ4n) is 2.19. The zero-order chi connectivity index (χ0) is 13.1. The van der Waals surface area contributed by atoms with Crippen LogP contribution in [0, 0.1) is 5.41 Å². The molecule has 4 nitrogen and oxygen atoms in total. The van der Waals surface area contributed by atoms with Crippen molar-refractivity contribution in [1.29, 1.82) is 5.41 Å². The third-order valence-corrected chi connectivity index (χ3v) is 3.15. The molecule has 0 radical (unpaired) electrons. The SMILES string of the molecule is CCCn1c(=N)n(CC(=O)CC)c2ccccc21. The van der Waals surface area contributed by atoms with Crippen molar-refractivity contribution in [3.8, 4) is 0 Å². The summed E-state index contributed by atoms with van der Waals surface area (Å²) in [5, 5.41) is 8.22. The number of aromatic nitrogens is 2. The highest BCUT2D eigenvalue weighted by Gasteiger charge is 2.11. The van der Waals surface area contributed by atoms with Gasteiger partial charge in [0.2, 0.25) is 5.62 Å². The van der Waals surface area contributed by atoms with Crippen LogP contribution in [-0.4, -0.2) is 14.9 Å². The summed E-state index contributed by atoms with van der Waals surface area (Å²) in [6.07, 6.45) is 1.49. The van der Waals surface area contributed by atoms with Crippen LogP contribution in [-0.2, 0) is 17.9 Å². The molecule has 96 valence electrons. The number of nitrogens with one attached hydrogen (secondary N) is 1. The number of Topliss-reactive ketones (excluding diaryl/α,β-unsaturated/α-hetero) is 1. The number of aryl methyl sites for hydroxylation is 1. The Kier molecular flexibility index (Phi) is 3.65. The van der Waals surface area contributed by atoms with E-state index in [-0.39, 0.29) is 5.78 Å². The van der Waals surface area contributed by atoms with Crippen LogP contribution in [0.3, 0.4) is 0 Å². The van der Waals surface area contributed by atoms with Gasteiger partial charge in [0, 0.05) is 13.0 Å². The van der Waals surface area contributed by atoms with Crippen molar-refractivity contribution < 1.29 is 4.79 Å². The molecule has 0 unspecified atom stereocenters. The number of nitrogens with zero attached hydrogens (tertiary/aromatic N) is 2. The molecule has 0 saturated heterocycles. The van der Waals surface area contributed by atoms with Gasteiger partial charge in [-0.25, -0.2) is 0 Å². The minimum absolute atomic E-state index is 0.160. The van der Waals surface area contributed by atoms with E-state index in [0.717, 1.165) is 24.0 Å². The second kappa shape index (κ2) is 5.21. The monoisotopic (exact) mass is 245 g/mol. The van der Waals surface area contributed by atoms with Crippen LogP contribution in [0.25, 0.3) is 11.0 Å². The second-order valence-electron chi connectivity index (χ2n) is 4.44. The van der Waals surface area contributed by atoms with Crippen LogP contribution in [0.1, 0.15) is 26.7 Å². The smallest absolute Gasteiger partial charge is 0.203 e. The number of carbonyl (C=O) groups is 1. The molecule has 0 aliphatic rings. The summed E-state index contributed by atoms with van der Waals surface area (Å²) >= 11 is 0. The topological polar surface area (TPSA) is 50.8 Å². The predicted octanol–water partition coefficient (Wildman–Crippen LogP) is 2.31.